The molecule has 1 aromatic carbocycles. The number of amides is 2. The number of aromatic nitrogens is 2. The molecule has 5 rings (SSSR count). The Kier molecular flexibility index (Phi) is 8.93. The summed E-state index contributed by atoms with van der Waals surface area (Å²) in [6, 6.07) is 6.51. The molecule has 11 nitrogen and oxygen atoms in total. The Morgan fingerprint density at radius 1 is 1.07 bits per heavy atom. The zero-order valence-electron chi connectivity index (χ0n) is 23.3. The number of hydrogen-bond acceptors (Lipinski definition) is 7. The molecule has 0 radical (unpaired) electrons. The van der Waals surface area contributed by atoms with Crippen LogP contribution in [0, 0.1) is 23.7 Å². The second kappa shape index (κ2) is 12.3. The van der Waals surface area contributed by atoms with Crippen LogP contribution >= 0.6 is 11.6 Å². The number of benzene rings is 1. The SMILES string of the molecule is CS(=O)(=O)N1CCC([C@H]2C[C@@H](c3nc(Cl)c(-c4ccc(OC(N)=O)cc4)[nH]3)N(C(=O)C3CCC(CN)CC3)C2)CC1. The molecule has 3 fully saturated rings. The summed E-state index contributed by atoms with van der Waals surface area (Å²) in [7, 11) is -3.21. The summed E-state index contributed by atoms with van der Waals surface area (Å²) in [5.74, 6) is 2.12. The van der Waals surface area contributed by atoms with Crippen molar-refractivity contribution in [2.24, 2.45) is 35.1 Å². The van der Waals surface area contributed by atoms with Gasteiger partial charge in [-0.1, -0.05) is 11.6 Å². The van der Waals surface area contributed by atoms with Gasteiger partial charge in [0.1, 0.15) is 11.6 Å². The summed E-state index contributed by atoms with van der Waals surface area (Å²) < 4.78 is 30.6. The zero-order valence-corrected chi connectivity index (χ0v) is 24.9. The molecule has 2 amide bonds. The maximum absolute atomic E-state index is 14.0. The van der Waals surface area contributed by atoms with Crippen LogP contribution in [0.3, 0.4) is 0 Å². The molecule has 3 aliphatic rings. The fraction of sp³-hybridized carbons (Fsp3) is 0.607. The van der Waals surface area contributed by atoms with Crippen molar-refractivity contribution in [3.63, 3.8) is 0 Å². The number of halogens is 1. The Balaban J connectivity index is 1.37. The van der Waals surface area contributed by atoms with Crippen molar-refractivity contribution in [2.45, 2.75) is 51.0 Å². The summed E-state index contributed by atoms with van der Waals surface area (Å²) >= 11 is 6.61. The van der Waals surface area contributed by atoms with E-state index >= 15 is 0 Å². The van der Waals surface area contributed by atoms with E-state index in [2.05, 4.69) is 9.97 Å². The summed E-state index contributed by atoms with van der Waals surface area (Å²) in [6.45, 7) is 2.29. The first kappa shape index (κ1) is 29.8. The largest absolute Gasteiger partial charge is 0.411 e. The van der Waals surface area contributed by atoms with Gasteiger partial charge in [0.15, 0.2) is 5.15 Å². The van der Waals surface area contributed by atoms with Crippen molar-refractivity contribution in [3.8, 4) is 17.0 Å². The molecule has 1 aromatic heterocycles. The Labute approximate surface area is 246 Å². The Morgan fingerprint density at radius 3 is 2.32 bits per heavy atom. The van der Waals surface area contributed by atoms with Gasteiger partial charge in [-0.25, -0.2) is 22.5 Å². The third kappa shape index (κ3) is 6.71. The molecule has 41 heavy (non-hydrogen) atoms. The van der Waals surface area contributed by atoms with Gasteiger partial charge in [0.05, 0.1) is 18.0 Å². The average Bonchev–Trinajstić information content (AvgIpc) is 3.56. The van der Waals surface area contributed by atoms with Gasteiger partial charge in [0.2, 0.25) is 15.9 Å². The minimum Gasteiger partial charge on any atom is -0.411 e. The van der Waals surface area contributed by atoms with Crippen LogP contribution in [0.1, 0.15) is 56.8 Å². The number of likely N-dealkylation sites (tertiary alicyclic amines) is 1. The number of nitrogens with two attached hydrogens (primary N) is 2. The normalized spacial score (nSPS) is 26.3. The van der Waals surface area contributed by atoms with E-state index in [0.29, 0.717) is 60.4 Å². The number of nitrogens with one attached hydrogen (secondary N) is 1. The topological polar surface area (TPSA) is 165 Å². The number of primary amides is 1. The number of aromatic amines is 1. The second-order valence-corrected chi connectivity index (χ2v) is 14.0. The van der Waals surface area contributed by atoms with E-state index in [1.807, 2.05) is 4.90 Å². The van der Waals surface area contributed by atoms with Crippen molar-refractivity contribution in [3.05, 3.63) is 35.2 Å². The number of H-pyrrole nitrogens is 1. The van der Waals surface area contributed by atoms with Gasteiger partial charge in [-0.2, -0.15) is 0 Å². The molecule has 13 heteroatoms. The number of carbonyl (C=O) groups excluding carboxylic acids is 2. The highest BCUT2D eigenvalue weighted by atomic mass is 35.5. The average molecular weight is 607 g/mol. The molecule has 0 bridgehead atoms. The van der Waals surface area contributed by atoms with Gasteiger partial charge in [-0.05, 0) is 93.5 Å². The summed E-state index contributed by atoms with van der Waals surface area (Å²) in [5, 5.41) is 0.296. The quantitative estimate of drug-likeness (QED) is 0.434. The number of ether oxygens (including phenoxy) is 1. The number of piperidine rings is 1. The zero-order chi connectivity index (χ0) is 29.3. The first-order chi connectivity index (χ1) is 19.5. The van der Waals surface area contributed by atoms with Crippen molar-refractivity contribution in [1.29, 1.82) is 0 Å². The summed E-state index contributed by atoms with van der Waals surface area (Å²) in [6.07, 6.45) is 6.26. The van der Waals surface area contributed by atoms with Crippen molar-refractivity contribution >= 4 is 33.6 Å². The maximum Gasteiger partial charge on any atom is 0.409 e. The fourth-order valence-electron chi connectivity index (χ4n) is 6.80. The highest BCUT2D eigenvalue weighted by molar-refractivity contribution is 7.88. The number of carbonyl (C=O) groups is 2. The van der Waals surface area contributed by atoms with Crippen LogP contribution in [0.25, 0.3) is 11.3 Å². The predicted molar refractivity (Wildman–Crippen MR) is 155 cm³/mol. The van der Waals surface area contributed by atoms with Crippen LogP contribution < -0.4 is 16.2 Å². The standard InChI is InChI=1S/C28H39ClN6O5S/c1-41(38,39)34-12-10-18(11-13-34)21-14-23(35(16-21)27(36)20-4-2-17(15-30)3-5-20)26-32-24(25(29)33-26)19-6-8-22(9-7-19)40-28(31)37/h6-9,17-18,20-21,23H,2-5,10-16,30H2,1H3,(H2,31,37)(H,32,33)/t17?,20?,21-,23-/m0/s1. The second-order valence-electron chi connectivity index (χ2n) is 11.7. The minimum absolute atomic E-state index is 0.0335. The van der Waals surface area contributed by atoms with Crippen LogP contribution in [-0.4, -0.2) is 72.0 Å². The van der Waals surface area contributed by atoms with Gasteiger partial charge >= 0.3 is 6.09 Å². The number of nitrogens with zero attached hydrogens (tertiary/aromatic N) is 3. The lowest BCUT2D eigenvalue weighted by Crippen LogP contribution is -2.41. The van der Waals surface area contributed by atoms with Crippen LogP contribution in [0.2, 0.25) is 5.15 Å². The molecule has 0 spiro atoms. The highest BCUT2D eigenvalue weighted by Crippen LogP contribution is 2.44. The Bertz CT molecular complexity index is 1350. The third-order valence-corrected chi connectivity index (χ3v) is 10.7. The number of rotatable bonds is 7. The molecule has 2 saturated heterocycles. The molecule has 2 aromatic rings. The lowest BCUT2D eigenvalue weighted by Gasteiger charge is -2.34. The highest BCUT2D eigenvalue weighted by Gasteiger charge is 2.44. The maximum atomic E-state index is 14.0. The van der Waals surface area contributed by atoms with E-state index in [9.17, 15) is 18.0 Å². The van der Waals surface area contributed by atoms with E-state index in [1.54, 1.807) is 28.6 Å². The van der Waals surface area contributed by atoms with Crippen LogP contribution in [-0.2, 0) is 14.8 Å². The molecule has 1 aliphatic carbocycles. The third-order valence-electron chi connectivity index (χ3n) is 9.14. The predicted octanol–water partition coefficient (Wildman–Crippen LogP) is 3.51. The molecular formula is C28H39ClN6O5S. The molecular weight excluding hydrogens is 568 g/mol. The van der Waals surface area contributed by atoms with Gasteiger partial charge in [0.25, 0.3) is 0 Å². The smallest absolute Gasteiger partial charge is 0.409 e. The van der Waals surface area contributed by atoms with Gasteiger partial charge in [-0.3, -0.25) is 4.79 Å². The van der Waals surface area contributed by atoms with Crippen molar-refractivity contribution < 1.29 is 22.7 Å². The summed E-state index contributed by atoms with van der Waals surface area (Å²) in [5.41, 5.74) is 12.4. The van der Waals surface area contributed by atoms with Crippen LogP contribution in [0.5, 0.6) is 5.75 Å². The molecule has 2 aliphatic heterocycles. The number of imidazole rings is 1. The summed E-state index contributed by atoms with van der Waals surface area (Å²) in [4.78, 5) is 35.1. The van der Waals surface area contributed by atoms with E-state index < -0.39 is 16.1 Å². The monoisotopic (exact) mass is 606 g/mol. The van der Waals surface area contributed by atoms with Crippen LogP contribution in [0.15, 0.2) is 24.3 Å². The lowest BCUT2D eigenvalue weighted by atomic mass is 9.81. The van der Waals surface area contributed by atoms with E-state index in [1.165, 1.54) is 6.26 Å². The van der Waals surface area contributed by atoms with Crippen molar-refractivity contribution in [1.82, 2.24) is 19.2 Å². The van der Waals surface area contributed by atoms with E-state index in [-0.39, 0.29) is 23.8 Å². The van der Waals surface area contributed by atoms with E-state index in [0.717, 1.165) is 50.5 Å². The van der Waals surface area contributed by atoms with Gasteiger partial charge < -0.3 is 26.1 Å². The van der Waals surface area contributed by atoms with Crippen molar-refractivity contribution in [2.75, 3.05) is 32.4 Å². The molecule has 1 saturated carbocycles. The number of hydrogen-bond donors (Lipinski definition) is 3. The molecule has 224 valence electrons. The number of sulfonamides is 1. The molecule has 0 unspecified atom stereocenters. The van der Waals surface area contributed by atoms with E-state index in [4.69, 9.17) is 27.8 Å². The fourth-order valence-corrected chi connectivity index (χ4v) is 7.92. The Morgan fingerprint density at radius 2 is 1.73 bits per heavy atom. The Hall–Kier alpha value is -2.67. The van der Waals surface area contributed by atoms with Crippen LogP contribution in [0.4, 0.5) is 4.79 Å². The molecule has 3 heterocycles. The molecule has 5 N–H and O–H groups in total. The van der Waals surface area contributed by atoms with Gasteiger partial charge in [0, 0.05) is 31.1 Å². The first-order valence-electron chi connectivity index (χ1n) is 14.3. The lowest BCUT2D eigenvalue weighted by molar-refractivity contribution is -0.138. The van der Waals surface area contributed by atoms with Gasteiger partial charge in [-0.15, -0.1) is 0 Å². The minimum atomic E-state index is -3.21. The molecule has 2 atom stereocenters. The first-order valence-corrected chi connectivity index (χ1v) is 16.5.